The van der Waals surface area contributed by atoms with Crippen molar-refractivity contribution in [3.8, 4) is 5.75 Å². The highest BCUT2D eigenvalue weighted by Crippen LogP contribution is 2.27. The Morgan fingerprint density at radius 3 is 2.03 bits per heavy atom. The maximum atomic E-state index is 13.4. The molecule has 2 N–H and O–H groups in total. The van der Waals surface area contributed by atoms with Gasteiger partial charge in [-0.1, -0.05) is 41.9 Å². The summed E-state index contributed by atoms with van der Waals surface area (Å²) < 4.78 is 43.7. The highest BCUT2D eigenvalue weighted by atomic mass is 35.5. The van der Waals surface area contributed by atoms with Crippen LogP contribution < -0.4 is 14.8 Å². The smallest absolute Gasteiger partial charge is 0.337 e. The van der Waals surface area contributed by atoms with E-state index in [1.807, 2.05) is 0 Å². The van der Waals surface area contributed by atoms with Gasteiger partial charge >= 0.3 is 11.9 Å². The summed E-state index contributed by atoms with van der Waals surface area (Å²) in [6.45, 7) is 0. The Bertz CT molecular complexity index is 1410. The second kappa shape index (κ2) is 12.5. The molecule has 1 unspecified atom stereocenters. The van der Waals surface area contributed by atoms with Crippen molar-refractivity contribution in [2.45, 2.75) is 17.4 Å². The lowest BCUT2D eigenvalue weighted by Gasteiger charge is -2.20. The summed E-state index contributed by atoms with van der Waals surface area (Å²) >= 11 is 6.02. The number of amides is 1. The van der Waals surface area contributed by atoms with Crippen molar-refractivity contribution in [1.29, 1.82) is 0 Å². The highest BCUT2D eigenvalue weighted by Gasteiger charge is 2.29. The van der Waals surface area contributed by atoms with Gasteiger partial charge in [-0.2, -0.15) is 4.72 Å². The van der Waals surface area contributed by atoms with Crippen LogP contribution in [0.4, 0.5) is 5.69 Å². The van der Waals surface area contributed by atoms with Gasteiger partial charge in [-0.25, -0.2) is 18.0 Å². The number of anilines is 1. The van der Waals surface area contributed by atoms with E-state index in [1.165, 1.54) is 57.7 Å². The van der Waals surface area contributed by atoms with E-state index < -0.39 is 33.9 Å². The van der Waals surface area contributed by atoms with Gasteiger partial charge in [0.05, 0.1) is 32.5 Å². The van der Waals surface area contributed by atoms with E-state index in [9.17, 15) is 22.8 Å². The van der Waals surface area contributed by atoms with Crippen LogP contribution in [0.15, 0.2) is 71.6 Å². The number of carbonyl (C=O) groups excluding carboxylic acids is 3. The zero-order chi connectivity index (χ0) is 27.9. The maximum absolute atomic E-state index is 13.4. The van der Waals surface area contributed by atoms with Crippen LogP contribution in [-0.2, 0) is 30.7 Å². The van der Waals surface area contributed by atoms with E-state index in [4.69, 9.17) is 25.8 Å². The van der Waals surface area contributed by atoms with Gasteiger partial charge in [0, 0.05) is 10.7 Å². The molecular formula is C26H25ClN2O8S. The van der Waals surface area contributed by atoms with E-state index >= 15 is 0 Å². The Morgan fingerprint density at radius 2 is 1.47 bits per heavy atom. The lowest BCUT2D eigenvalue weighted by Crippen LogP contribution is -2.45. The number of nitrogens with one attached hydrogen (secondary N) is 2. The van der Waals surface area contributed by atoms with Gasteiger partial charge in [0.2, 0.25) is 15.9 Å². The molecular weight excluding hydrogens is 536 g/mol. The van der Waals surface area contributed by atoms with E-state index in [1.54, 1.807) is 30.3 Å². The quantitative estimate of drug-likeness (QED) is 0.360. The molecule has 0 radical (unpaired) electrons. The second-order valence-electron chi connectivity index (χ2n) is 7.93. The van der Waals surface area contributed by atoms with Gasteiger partial charge in [0.15, 0.2) is 0 Å². The van der Waals surface area contributed by atoms with Crippen LogP contribution in [0.25, 0.3) is 0 Å². The molecule has 0 aliphatic heterocycles. The molecule has 1 amide bonds. The van der Waals surface area contributed by atoms with Gasteiger partial charge in [-0.15, -0.1) is 0 Å². The summed E-state index contributed by atoms with van der Waals surface area (Å²) in [5, 5.41) is 2.73. The first-order valence-corrected chi connectivity index (χ1v) is 13.0. The highest BCUT2D eigenvalue weighted by molar-refractivity contribution is 7.89. The molecule has 3 aromatic carbocycles. The fourth-order valence-corrected chi connectivity index (χ4v) is 5.18. The summed E-state index contributed by atoms with van der Waals surface area (Å²) in [6, 6.07) is 15.4. The molecule has 0 aliphatic carbocycles. The Morgan fingerprint density at radius 1 is 0.868 bits per heavy atom. The number of ether oxygens (including phenoxy) is 3. The number of halogens is 1. The number of sulfonamides is 1. The molecule has 0 saturated carbocycles. The van der Waals surface area contributed by atoms with Crippen molar-refractivity contribution in [2.24, 2.45) is 0 Å². The van der Waals surface area contributed by atoms with Crippen molar-refractivity contribution < 1.29 is 37.0 Å². The minimum absolute atomic E-state index is 0.0185. The predicted octanol–water partition coefficient (Wildman–Crippen LogP) is 3.45. The average Bonchev–Trinajstić information content (AvgIpc) is 2.91. The summed E-state index contributed by atoms with van der Waals surface area (Å²) in [4.78, 5) is 37.4. The third-order valence-electron chi connectivity index (χ3n) is 5.35. The SMILES string of the molecule is COC(=O)c1cc(NC(=O)C(Cc2ccccc2)NS(=O)(=O)c2cc(Cl)ccc2OC)cc(C(=O)OC)c1. The zero-order valence-electron chi connectivity index (χ0n) is 20.7. The van der Waals surface area contributed by atoms with Crippen LogP contribution >= 0.6 is 11.6 Å². The number of esters is 2. The van der Waals surface area contributed by atoms with Gasteiger partial charge in [-0.3, -0.25) is 4.79 Å². The Hall–Kier alpha value is -3.93. The number of carbonyl (C=O) groups is 3. The Balaban J connectivity index is 1.99. The monoisotopic (exact) mass is 560 g/mol. The standard InChI is InChI=1S/C26H25ClN2O8S/c1-35-22-10-9-19(27)15-23(22)38(33,34)29-21(11-16-7-5-4-6-8-16)24(30)28-20-13-17(25(31)36-2)12-18(14-20)26(32)37-3/h4-10,12-15,21,29H,11H2,1-3H3,(H,28,30). The molecule has 0 heterocycles. The van der Waals surface area contributed by atoms with Gasteiger partial charge in [0.25, 0.3) is 0 Å². The third kappa shape index (κ3) is 7.09. The summed E-state index contributed by atoms with van der Waals surface area (Å²) in [6.07, 6.45) is -0.0185. The van der Waals surface area contributed by atoms with E-state index in [2.05, 4.69) is 10.0 Å². The fraction of sp³-hybridized carbons (Fsp3) is 0.192. The first-order chi connectivity index (χ1) is 18.1. The molecule has 38 heavy (non-hydrogen) atoms. The van der Waals surface area contributed by atoms with Crippen LogP contribution in [0.2, 0.25) is 5.02 Å². The lowest BCUT2D eigenvalue weighted by atomic mass is 10.1. The molecule has 12 heteroatoms. The van der Waals surface area contributed by atoms with Crippen molar-refractivity contribution in [3.63, 3.8) is 0 Å². The largest absolute Gasteiger partial charge is 0.495 e. The topological polar surface area (TPSA) is 137 Å². The third-order valence-corrected chi connectivity index (χ3v) is 7.08. The van der Waals surface area contributed by atoms with E-state index in [0.717, 1.165) is 0 Å². The van der Waals surface area contributed by atoms with Crippen molar-refractivity contribution in [2.75, 3.05) is 26.6 Å². The van der Waals surface area contributed by atoms with Crippen molar-refractivity contribution >= 4 is 45.2 Å². The van der Waals surface area contributed by atoms with E-state index in [-0.39, 0.29) is 38.9 Å². The molecule has 0 aliphatic rings. The van der Waals surface area contributed by atoms with Gasteiger partial charge in [-0.05, 0) is 48.4 Å². The molecule has 3 aromatic rings. The fourth-order valence-electron chi connectivity index (χ4n) is 3.55. The summed E-state index contributed by atoms with van der Waals surface area (Å²) in [5.74, 6) is -2.22. The normalized spacial score (nSPS) is 11.8. The van der Waals surface area contributed by atoms with Crippen LogP contribution in [-0.4, -0.2) is 53.6 Å². The molecule has 200 valence electrons. The molecule has 0 saturated heterocycles. The van der Waals surface area contributed by atoms with E-state index in [0.29, 0.717) is 5.56 Å². The van der Waals surface area contributed by atoms with Crippen LogP contribution in [0.3, 0.4) is 0 Å². The minimum atomic E-state index is -4.30. The van der Waals surface area contributed by atoms with Crippen molar-refractivity contribution in [1.82, 2.24) is 4.72 Å². The second-order valence-corrected chi connectivity index (χ2v) is 10.0. The van der Waals surface area contributed by atoms with Crippen LogP contribution in [0.5, 0.6) is 5.75 Å². The number of rotatable bonds is 10. The van der Waals surface area contributed by atoms with Crippen molar-refractivity contribution in [3.05, 3.63) is 88.4 Å². The molecule has 0 bridgehead atoms. The Labute approximate surface area is 224 Å². The number of hydrogen-bond acceptors (Lipinski definition) is 8. The number of benzene rings is 3. The molecule has 10 nitrogen and oxygen atoms in total. The molecule has 3 rings (SSSR count). The van der Waals surface area contributed by atoms with Gasteiger partial charge in [0.1, 0.15) is 16.7 Å². The van der Waals surface area contributed by atoms with Crippen LogP contribution in [0.1, 0.15) is 26.3 Å². The summed E-state index contributed by atoms with van der Waals surface area (Å²) in [7, 11) is -0.659. The zero-order valence-corrected chi connectivity index (χ0v) is 22.3. The predicted molar refractivity (Wildman–Crippen MR) is 140 cm³/mol. The number of methoxy groups -OCH3 is 3. The molecule has 0 spiro atoms. The first-order valence-electron chi connectivity index (χ1n) is 11.1. The first kappa shape index (κ1) is 28.6. The molecule has 0 aromatic heterocycles. The average molecular weight is 561 g/mol. The minimum Gasteiger partial charge on any atom is -0.495 e. The number of hydrogen-bond donors (Lipinski definition) is 2. The maximum Gasteiger partial charge on any atom is 0.337 e. The van der Waals surface area contributed by atoms with Crippen LogP contribution in [0, 0.1) is 0 Å². The summed E-state index contributed by atoms with van der Waals surface area (Å²) in [5.41, 5.74) is 0.687. The molecule has 0 fully saturated rings. The lowest BCUT2D eigenvalue weighted by molar-refractivity contribution is -0.117. The molecule has 1 atom stereocenters. The Kier molecular flexibility index (Phi) is 9.45. The van der Waals surface area contributed by atoms with Gasteiger partial charge < -0.3 is 19.5 Å².